The summed E-state index contributed by atoms with van der Waals surface area (Å²) in [6.45, 7) is 10.6. The number of hydrogen-bond donors (Lipinski definition) is 9. The number of benzene rings is 2. The number of carbonyl (C=O) groups is 6. The molecule has 5 amide bonds. The van der Waals surface area contributed by atoms with E-state index in [2.05, 4.69) is 61.4 Å². The lowest BCUT2D eigenvalue weighted by molar-refractivity contribution is -0.134. The van der Waals surface area contributed by atoms with Crippen molar-refractivity contribution in [1.82, 2.24) is 47.9 Å². The summed E-state index contributed by atoms with van der Waals surface area (Å²) < 4.78 is 18.7. The molecule has 0 bridgehead atoms. The first-order valence-corrected chi connectivity index (χ1v) is 28.3. The summed E-state index contributed by atoms with van der Waals surface area (Å²) in [6.07, 6.45) is 16.3. The van der Waals surface area contributed by atoms with Gasteiger partial charge in [-0.2, -0.15) is 0 Å². The Morgan fingerprint density at radius 1 is 0.566 bits per heavy atom. The third-order valence-corrected chi connectivity index (χ3v) is 13.3. The van der Waals surface area contributed by atoms with Crippen molar-refractivity contribution in [3.05, 3.63) is 65.2 Å². The van der Waals surface area contributed by atoms with Gasteiger partial charge in [-0.25, -0.2) is 0 Å². The van der Waals surface area contributed by atoms with E-state index in [1.165, 1.54) is 0 Å². The molecular formula is C58H95N9O9. The van der Waals surface area contributed by atoms with E-state index in [4.69, 9.17) is 14.2 Å². The normalized spacial score (nSPS) is 13.1. The fraction of sp³-hybridized carbons (Fsp3) is 0.655. The first-order chi connectivity index (χ1) is 37.0. The van der Waals surface area contributed by atoms with Gasteiger partial charge in [0.15, 0.2) is 5.78 Å². The Labute approximate surface area is 454 Å². The third-order valence-electron chi connectivity index (χ3n) is 13.3. The highest BCUT2D eigenvalue weighted by molar-refractivity contribution is 5.99. The zero-order chi connectivity index (χ0) is 55.2. The topological polar surface area (TPSA) is 238 Å². The third kappa shape index (κ3) is 25.1. The number of rotatable bonds is 44. The lowest BCUT2D eigenvalue weighted by Crippen LogP contribution is -2.57. The van der Waals surface area contributed by atoms with Crippen LogP contribution in [-0.2, 0) is 43.2 Å². The standard InChI is InChI=1S/C58H95N9O9/c1-7-22-45-43-24-18-28-50(68)44(43)32-33-53(45)75-40-17-9-16-39-74-51-29-19-30-52(46(51)23-8-2)76-41-20-31-54(69)63-37-21-38-64-56(71)47(25-10-13-34-59-3)66-58(73)49(27-12-15-36-61-5)67-57(72)48(26-11-14-35-60-4)65-55(70)42-62-6/h7,19,29-30,32-33,47-49,59-62H,1,8-18,20-28,31,34-42H2,2-6H3,(H,63,69)(H,64,71)(H,65,70)(H,66,73)(H,67,72). The Bertz CT molecular complexity index is 2050. The number of unbranched alkanes of at least 4 members (excludes halogenated alkanes) is 5. The smallest absolute Gasteiger partial charge is 0.243 e. The summed E-state index contributed by atoms with van der Waals surface area (Å²) in [5.74, 6) is 0.991. The van der Waals surface area contributed by atoms with Gasteiger partial charge in [0.25, 0.3) is 0 Å². The Kier molecular flexibility index (Phi) is 33.9. The number of ketones is 1. The number of amides is 5. The molecule has 426 valence electrons. The van der Waals surface area contributed by atoms with Crippen LogP contribution in [0.5, 0.6) is 17.2 Å². The molecule has 2 aromatic carbocycles. The van der Waals surface area contributed by atoms with Crippen molar-refractivity contribution in [2.24, 2.45) is 0 Å². The van der Waals surface area contributed by atoms with Gasteiger partial charge in [-0.05, 0) is 193 Å². The summed E-state index contributed by atoms with van der Waals surface area (Å²) in [4.78, 5) is 79.0. The molecule has 0 aliphatic heterocycles. The number of allylic oxidation sites excluding steroid dienone is 1. The average Bonchev–Trinajstić information content (AvgIpc) is 3.41. The summed E-state index contributed by atoms with van der Waals surface area (Å²) in [5.41, 5.74) is 4.06. The minimum atomic E-state index is -0.908. The molecule has 2 aromatic rings. The lowest BCUT2D eigenvalue weighted by atomic mass is 9.86. The van der Waals surface area contributed by atoms with Gasteiger partial charge in [-0.3, -0.25) is 28.8 Å². The van der Waals surface area contributed by atoms with Crippen LogP contribution in [-0.4, -0.2) is 141 Å². The molecule has 18 heteroatoms. The zero-order valence-corrected chi connectivity index (χ0v) is 46.8. The van der Waals surface area contributed by atoms with E-state index in [1.54, 1.807) is 7.05 Å². The van der Waals surface area contributed by atoms with Crippen LogP contribution in [0.25, 0.3) is 0 Å². The molecule has 0 spiro atoms. The molecule has 0 radical (unpaired) electrons. The van der Waals surface area contributed by atoms with E-state index in [-0.39, 0.29) is 36.5 Å². The minimum absolute atomic E-state index is 0.0530. The summed E-state index contributed by atoms with van der Waals surface area (Å²) in [5, 5.41) is 26.7. The zero-order valence-electron chi connectivity index (χ0n) is 46.8. The van der Waals surface area contributed by atoms with Crippen molar-refractivity contribution in [2.75, 3.05) is 87.3 Å². The Balaban J connectivity index is 1.44. The van der Waals surface area contributed by atoms with Crippen LogP contribution in [0.15, 0.2) is 43.0 Å². The maximum Gasteiger partial charge on any atom is 0.243 e. The Morgan fingerprint density at radius 3 is 1.66 bits per heavy atom. The Hall–Kier alpha value is -5.56. The number of likely N-dealkylation sites (N-methyl/N-ethyl adjacent to an activating group) is 1. The molecule has 3 unspecified atom stereocenters. The Morgan fingerprint density at radius 2 is 1.11 bits per heavy atom. The maximum atomic E-state index is 13.9. The molecule has 9 N–H and O–H groups in total. The molecule has 0 saturated carbocycles. The van der Waals surface area contributed by atoms with Gasteiger partial charge in [0.2, 0.25) is 29.5 Å². The van der Waals surface area contributed by atoms with Crippen LogP contribution in [0.2, 0.25) is 0 Å². The van der Waals surface area contributed by atoms with Crippen molar-refractivity contribution in [1.29, 1.82) is 0 Å². The van der Waals surface area contributed by atoms with Crippen LogP contribution in [0, 0.1) is 0 Å². The molecule has 0 saturated heterocycles. The van der Waals surface area contributed by atoms with Crippen LogP contribution in [0.1, 0.15) is 150 Å². The van der Waals surface area contributed by atoms with Gasteiger partial charge in [0, 0.05) is 42.6 Å². The van der Waals surface area contributed by atoms with Gasteiger partial charge in [-0.15, -0.1) is 6.58 Å². The molecular weight excluding hydrogens is 967 g/mol. The predicted molar refractivity (Wildman–Crippen MR) is 301 cm³/mol. The average molecular weight is 1060 g/mol. The highest BCUT2D eigenvalue weighted by Crippen LogP contribution is 2.33. The number of hydrogen-bond acceptors (Lipinski definition) is 13. The molecule has 76 heavy (non-hydrogen) atoms. The molecule has 0 fully saturated rings. The second-order valence-electron chi connectivity index (χ2n) is 19.6. The first kappa shape index (κ1) is 64.7. The quantitative estimate of drug-likeness (QED) is 0.0309. The first-order valence-electron chi connectivity index (χ1n) is 28.3. The largest absolute Gasteiger partial charge is 0.493 e. The van der Waals surface area contributed by atoms with Crippen LogP contribution in [0.3, 0.4) is 0 Å². The molecule has 18 nitrogen and oxygen atoms in total. The van der Waals surface area contributed by atoms with Crippen molar-refractivity contribution < 1.29 is 43.0 Å². The SMILES string of the molecule is C=CCc1c(OCCCCCOc2cccc(OCCCC(=O)NCCCNC(=O)C(CCCCNC)NC(=O)C(CCCCNC)NC(=O)C(CCCCNC)NC(=O)CNC)c2CCC)ccc2c1CCCC2=O. The fourth-order valence-electron chi connectivity index (χ4n) is 9.20. The highest BCUT2D eigenvalue weighted by atomic mass is 16.5. The van der Waals surface area contributed by atoms with E-state index < -0.39 is 29.9 Å². The number of nitrogens with one attached hydrogen (secondary N) is 9. The van der Waals surface area contributed by atoms with Crippen molar-refractivity contribution in [3.63, 3.8) is 0 Å². The summed E-state index contributed by atoms with van der Waals surface area (Å²) >= 11 is 0. The van der Waals surface area contributed by atoms with Gasteiger partial charge in [-0.1, -0.05) is 25.5 Å². The van der Waals surface area contributed by atoms with Gasteiger partial charge in [0.1, 0.15) is 35.4 Å². The van der Waals surface area contributed by atoms with Crippen molar-refractivity contribution in [3.8, 4) is 17.2 Å². The van der Waals surface area contributed by atoms with E-state index in [9.17, 15) is 28.8 Å². The monoisotopic (exact) mass is 1060 g/mol. The minimum Gasteiger partial charge on any atom is -0.493 e. The van der Waals surface area contributed by atoms with E-state index in [0.29, 0.717) is 97.1 Å². The number of fused-ring (bicyclic) bond motifs is 1. The summed E-state index contributed by atoms with van der Waals surface area (Å²) in [7, 11) is 7.23. The van der Waals surface area contributed by atoms with Gasteiger partial charge < -0.3 is 62.1 Å². The number of ether oxygens (including phenoxy) is 3. The molecule has 3 atom stereocenters. The highest BCUT2D eigenvalue weighted by Gasteiger charge is 2.30. The molecule has 3 rings (SSSR count). The molecule has 1 aliphatic rings. The van der Waals surface area contributed by atoms with Crippen LogP contribution >= 0.6 is 0 Å². The van der Waals surface area contributed by atoms with E-state index in [0.717, 1.165) is 123 Å². The van der Waals surface area contributed by atoms with Crippen molar-refractivity contribution in [2.45, 2.75) is 160 Å². The van der Waals surface area contributed by atoms with E-state index >= 15 is 0 Å². The second-order valence-corrected chi connectivity index (χ2v) is 19.6. The summed E-state index contributed by atoms with van der Waals surface area (Å²) in [6, 6.07) is 7.16. The van der Waals surface area contributed by atoms with Crippen LogP contribution < -0.4 is 62.1 Å². The van der Waals surface area contributed by atoms with Gasteiger partial charge >= 0.3 is 0 Å². The fourth-order valence-corrected chi connectivity index (χ4v) is 9.20. The molecule has 1 aliphatic carbocycles. The maximum absolute atomic E-state index is 13.9. The number of carbonyl (C=O) groups excluding carboxylic acids is 6. The molecule has 0 aromatic heterocycles. The number of Topliss-reactive ketones (excluding diaryl/α,β-unsaturated/α-hetero) is 1. The van der Waals surface area contributed by atoms with E-state index in [1.807, 2.05) is 57.6 Å². The molecule has 0 heterocycles. The van der Waals surface area contributed by atoms with Crippen LogP contribution in [0.4, 0.5) is 0 Å². The second kappa shape index (κ2) is 39.8. The lowest BCUT2D eigenvalue weighted by Gasteiger charge is -2.26. The van der Waals surface area contributed by atoms with Gasteiger partial charge in [0.05, 0.1) is 26.4 Å². The van der Waals surface area contributed by atoms with Crippen molar-refractivity contribution >= 4 is 35.3 Å². The predicted octanol–water partition coefficient (Wildman–Crippen LogP) is 5.14.